The lowest BCUT2D eigenvalue weighted by Crippen LogP contribution is -1.99. The fraction of sp³-hybridized carbons (Fsp3) is 0.308. The molecule has 0 aliphatic heterocycles. The standard InChI is InChI=1S/C13H14N2O3/c16-11(5-1-2-6-12(17)18)10-8-15-13-9(10)4-3-7-14-13/h3-4,7-8H,1-2,5-6H2,(H,14,15)(H,17,18). The Bertz CT molecular complexity index is 574. The Labute approximate surface area is 104 Å². The summed E-state index contributed by atoms with van der Waals surface area (Å²) in [6.07, 6.45) is 4.94. The highest BCUT2D eigenvalue weighted by atomic mass is 16.4. The maximum atomic E-state index is 12.0. The van der Waals surface area contributed by atoms with Crippen LogP contribution in [0, 0.1) is 0 Å². The largest absolute Gasteiger partial charge is 0.481 e. The predicted molar refractivity (Wildman–Crippen MR) is 66.5 cm³/mol. The number of hydrogen-bond donors (Lipinski definition) is 2. The molecule has 0 fully saturated rings. The summed E-state index contributed by atoms with van der Waals surface area (Å²) in [5.41, 5.74) is 1.33. The van der Waals surface area contributed by atoms with Gasteiger partial charge in [0, 0.05) is 36.2 Å². The normalized spacial score (nSPS) is 10.7. The second-order valence-corrected chi connectivity index (χ2v) is 4.13. The maximum Gasteiger partial charge on any atom is 0.303 e. The summed E-state index contributed by atoms with van der Waals surface area (Å²) in [6.45, 7) is 0. The number of H-pyrrole nitrogens is 1. The molecule has 2 aromatic rings. The van der Waals surface area contributed by atoms with Gasteiger partial charge in [-0.05, 0) is 25.0 Å². The van der Waals surface area contributed by atoms with E-state index < -0.39 is 5.97 Å². The zero-order valence-corrected chi connectivity index (χ0v) is 9.85. The van der Waals surface area contributed by atoms with Crippen molar-refractivity contribution in [3.05, 3.63) is 30.1 Å². The van der Waals surface area contributed by atoms with Crippen molar-refractivity contribution in [3.8, 4) is 0 Å². The van der Waals surface area contributed by atoms with Gasteiger partial charge in [0.1, 0.15) is 5.65 Å². The topological polar surface area (TPSA) is 83.0 Å². The number of fused-ring (bicyclic) bond motifs is 1. The van der Waals surface area contributed by atoms with E-state index in [1.807, 2.05) is 6.07 Å². The number of unbranched alkanes of at least 4 members (excludes halogenated alkanes) is 1. The highest BCUT2D eigenvalue weighted by molar-refractivity contribution is 6.07. The average Bonchev–Trinajstić information content (AvgIpc) is 2.78. The van der Waals surface area contributed by atoms with Crippen molar-refractivity contribution in [2.45, 2.75) is 25.7 Å². The van der Waals surface area contributed by atoms with Crippen LogP contribution in [0.1, 0.15) is 36.0 Å². The van der Waals surface area contributed by atoms with E-state index in [0.29, 0.717) is 30.5 Å². The number of carboxylic acid groups (broad SMARTS) is 1. The molecule has 0 amide bonds. The number of carbonyl (C=O) groups is 2. The Morgan fingerprint density at radius 3 is 2.83 bits per heavy atom. The summed E-state index contributed by atoms with van der Waals surface area (Å²) in [6, 6.07) is 3.64. The summed E-state index contributed by atoms with van der Waals surface area (Å²) in [5.74, 6) is -0.793. The molecule has 5 heteroatoms. The molecule has 2 rings (SSSR count). The van der Waals surface area contributed by atoms with E-state index in [2.05, 4.69) is 9.97 Å². The first-order valence-electron chi connectivity index (χ1n) is 5.85. The summed E-state index contributed by atoms with van der Waals surface area (Å²) in [7, 11) is 0. The predicted octanol–water partition coefficient (Wildman–Crippen LogP) is 2.39. The van der Waals surface area contributed by atoms with Crippen LogP contribution in [0.15, 0.2) is 24.5 Å². The van der Waals surface area contributed by atoms with Crippen LogP contribution in [0.3, 0.4) is 0 Å². The lowest BCUT2D eigenvalue weighted by Gasteiger charge is -1.98. The number of nitrogens with one attached hydrogen (secondary N) is 1. The smallest absolute Gasteiger partial charge is 0.303 e. The zero-order valence-electron chi connectivity index (χ0n) is 9.85. The molecule has 0 bridgehead atoms. The molecule has 2 N–H and O–H groups in total. The summed E-state index contributed by atoms with van der Waals surface area (Å²) in [5, 5.41) is 9.33. The molecule has 0 radical (unpaired) electrons. The van der Waals surface area contributed by atoms with Gasteiger partial charge >= 0.3 is 5.97 Å². The van der Waals surface area contributed by atoms with Gasteiger partial charge in [0.2, 0.25) is 0 Å². The number of aromatic nitrogens is 2. The molecule has 2 heterocycles. The Morgan fingerprint density at radius 1 is 1.28 bits per heavy atom. The second kappa shape index (κ2) is 5.44. The van der Waals surface area contributed by atoms with Gasteiger partial charge in [-0.3, -0.25) is 9.59 Å². The van der Waals surface area contributed by atoms with Crippen LogP contribution in [0.4, 0.5) is 0 Å². The van der Waals surface area contributed by atoms with Crippen molar-refractivity contribution >= 4 is 22.8 Å². The third-order valence-electron chi connectivity index (χ3n) is 2.80. The first kappa shape index (κ1) is 12.3. The third-order valence-corrected chi connectivity index (χ3v) is 2.80. The lowest BCUT2D eigenvalue weighted by atomic mass is 10.0. The van der Waals surface area contributed by atoms with E-state index in [1.165, 1.54) is 0 Å². The molecule has 0 unspecified atom stereocenters. The monoisotopic (exact) mass is 246 g/mol. The number of rotatable bonds is 6. The molecule has 94 valence electrons. The van der Waals surface area contributed by atoms with Crippen LogP contribution in [-0.4, -0.2) is 26.8 Å². The fourth-order valence-electron chi connectivity index (χ4n) is 1.88. The lowest BCUT2D eigenvalue weighted by molar-refractivity contribution is -0.137. The molecule has 0 aromatic carbocycles. The minimum absolute atomic E-state index is 0.0274. The molecule has 0 atom stereocenters. The summed E-state index contributed by atoms with van der Waals surface area (Å²) < 4.78 is 0. The molecule has 0 spiro atoms. The van der Waals surface area contributed by atoms with E-state index in [4.69, 9.17) is 5.11 Å². The van der Waals surface area contributed by atoms with Crippen molar-refractivity contribution in [1.82, 2.24) is 9.97 Å². The minimum Gasteiger partial charge on any atom is -0.481 e. The number of carbonyl (C=O) groups excluding carboxylic acids is 1. The number of aliphatic carboxylic acids is 1. The van der Waals surface area contributed by atoms with Crippen molar-refractivity contribution in [2.24, 2.45) is 0 Å². The van der Waals surface area contributed by atoms with E-state index in [1.54, 1.807) is 18.5 Å². The Balaban J connectivity index is 1.99. The van der Waals surface area contributed by atoms with Crippen LogP contribution >= 0.6 is 0 Å². The van der Waals surface area contributed by atoms with Crippen LogP contribution in [0.25, 0.3) is 11.0 Å². The first-order chi connectivity index (χ1) is 8.68. The van der Waals surface area contributed by atoms with Crippen molar-refractivity contribution < 1.29 is 14.7 Å². The number of aromatic amines is 1. The first-order valence-corrected chi connectivity index (χ1v) is 5.85. The minimum atomic E-state index is -0.821. The zero-order chi connectivity index (χ0) is 13.0. The highest BCUT2D eigenvalue weighted by Gasteiger charge is 2.12. The molecule has 0 saturated carbocycles. The molecular formula is C13H14N2O3. The summed E-state index contributed by atoms with van der Waals surface area (Å²) in [4.78, 5) is 29.4. The van der Waals surface area contributed by atoms with Crippen LogP contribution < -0.4 is 0 Å². The molecule has 0 aliphatic carbocycles. The van der Waals surface area contributed by atoms with Gasteiger partial charge in [0.15, 0.2) is 5.78 Å². The van der Waals surface area contributed by atoms with Crippen molar-refractivity contribution in [2.75, 3.05) is 0 Å². The van der Waals surface area contributed by atoms with Gasteiger partial charge < -0.3 is 10.1 Å². The van der Waals surface area contributed by atoms with E-state index in [9.17, 15) is 9.59 Å². The molecule has 5 nitrogen and oxygen atoms in total. The quantitative estimate of drug-likeness (QED) is 0.605. The summed E-state index contributed by atoms with van der Waals surface area (Å²) >= 11 is 0. The van der Waals surface area contributed by atoms with Gasteiger partial charge in [-0.25, -0.2) is 4.98 Å². The van der Waals surface area contributed by atoms with E-state index in [0.717, 1.165) is 5.39 Å². The molecule has 2 aromatic heterocycles. The maximum absolute atomic E-state index is 12.0. The fourth-order valence-corrected chi connectivity index (χ4v) is 1.88. The van der Waals surface area contributed by atoms with Crippen molar-refractivity contribution in [1.29, 1.82) is 0 Å². The molecular weight excluding hydrogens is 232 g/mol. The number of ketones is 1. The molecule has 0 saturated heterocycles. The van der Waals surface area contributed by atoms with Gasteiger partial charge in [0.05, 0.1) is 0 Å². The van der Waals surface area contributed by atoms with E-state index in [-0.39, 0.29) is 12.2 Å². The average molecular weight is 246 g/mol. The van der Waals surface area contributed by atoms with Crippen LogP contribution in [0.5, 0.6) is 0 Å². The molecule has 18 heavy (non-hydrogen) atoms. The third kappa shape index (κ3) is 2.74. The number of hydrogen-bond acceptors (Lipinski definition) is 3. The van der Waals surface area contributed by atoms with Crippen LogP contribution in [0.2, 0.25) is 0 Å². The van der Waals surface area contributed by atoms with Gasteiger partial charge in [0.25, 0.3) is 0 Å². The van der Waals surface area contributed by atoms with Gasteiger partial charge in [-0.1, -0.05) is 0 Å². The van der Waals surface area contributed by atoms with Crippen LogP contribution in [-0.2, 0) is 4.79 Å². The number of carboxylic acids is 1. The van der Waals surface area contributed by atoms with Gasteiger partial charge in [-0.2, -0.15) is 0 Å². The SMILES string of the molecule is O=C(O)CCCCC(=O)c1c[nH]c2ncccc12. The Kier molecular flexibility index (Phi) is 3.72. The number of Topliss-reactive ketones (excluding diaryl/α,β-unsaturated/α-hetero) is 1. The number of pyridine rings is 1. The number of nitrogens with zero attached hydrogens (tertiary/aromatic N) is 1. The van der Waals surface area contributed by atoms with Gasteiger partial charge in [-0.15, -0.1) is 0 Å². The van der Waals surface area contributed by atoms with E-state index >= 15 is 0 Å². The Morgan fingerprint density at radius 2 is 2.06 bits per heavy atom. The van der Waals surface area contributed by atoms with Crippen molar-refractivity contribution in [3.63, 3.8) is 0 Å². The second-order valence-electron chi connectivity index (χ2n) is 4.13. The molecule has 0 aliphatic rings. The Hall–Kier alpha value is -2.17. The highest BCUT2D eigenvalue weighted by Crippen LogP contribution is 2.18.